The fourth-order valence-corrected chi connectivity index (χ4v) is 7.56. The van der Waals surface area contributed by atoms with Gasteiger partial charge in [0.05, 0.1) is 0 Å². The molecule has 0 saturated heterocycles. The van der Waals surface area contributed by atoms with Gasteiger partial charge in [0.1, 0.15) is 5.60 Å². The number of carbonyl (C=O) groups excluding carboxylic acids is 2. The molecule has 6 atom stereocenters. The molecule has 0 spiro atoms. The fourth-order valence-electron chi connectivity index (χ4n) is 7.56. The predicted octanol–water partition coefficient (Wildman–Crippen LogP) is 4.23. The van der Waals surface area contributed by atoms with Crippen LogP contribution in [0, 0.1) is 28.1 Å². The van der Waals surface area contributed by atoms with Crippen LogP contribution in [0.2, 0.25) is 0 Å². The van der Waals surface area contributed by atoms with Crippen LogP contribution in [0.25, 0.3) is 0 Å². The van der Waals surface area contributed by atoms with E-state index in [1.807, 2.05) is 6.08 Å². The van der Waals surface area contributed by atoms with Crippen molar-refractivity contribution >= 4 is 11.6 Å². The number of allylic oxidation sites excluding steroid dienone is 1. The molecule has 3 nitrogen and oxygen atoms in total. The molecule has 4 aliphatic carbocycles. The molecule has 3 fully saturated rings. The molecule has 25 heavy (non-hydrogen) atoms. The van der Waals surface area contributed by atoms with Crippen LogP contribution in [0.4, 0.5) is 0 Å². The summed E-state index contributed by atoms with van der Waals surface area (Å²) in [5.74, 6) is 1.36. The second-order valence-corrected chi connectivity index (χ2v) is 10.0. The van der Waals surface area contributed by atoms with Gasteiger partial charge in [-0.3, -0.25) is 9.59 Å². The summed E-state index contributed by atoms with van der Waals surface area (Å²) in [6, 6.07) is 0. The predicted molar refractivity (Wildman–Crippen MR) is 97.0 cm³/mol. The Balaban J connectivity index is 1.76. The highest BCUT2D eigenvalue weighted by molar-refractivity contribution is 5.91. The van der Waals surface area contributed by atoms with Crippen LogP contribution >= 0.6 is 0 Å². The van der Waals surface area contributed by atoms with Gasteiger partial charge in [-0.2, -0.15) is 0 Å². The van der Waals surface area contributed by atoms with Crippen molar-refractivity contribution in [2.75, 3.05) is 0 Å². The molecule has 3 heteroatoms. The van der Waals surface area contributed by atoms with Crippen LogP contribution in [-0.4, -0.2) is 22.3 Å². The van der Waals surface area contributed by atoms with E-state index in [4.69, 9.17) is 0 Å². The lowest BCUT2D eigenvalue weighted by Crippen LogP contribution is -2.61. The summed E-state index contributed by atoms with van der Waals surface area (Å²) in [7, 11) is 0. The monoisotopic (exact) mass is 344 g/mol. The topological polar surface area (TPSA) is 54.4 Å². The van der Waals surface area contributed by atoms with E-state index in [1.165, 1.54) is 5.57 Å². The molecular weight excluding hydrogens is 312 g/mol. The maximum atomic E-state index is 12.4. The highest BCUT2D eigenvalue weighted by atomic mass is 16.3. The Morgan fingerprint density at radius 2 is 1.76 bits per heavy atom. The third-order valence-corrected chi connectivity index (χ3v) is 9.52. The zero-order valence-electron chi connectivity index (χ0n) is 16.2. The van der Waals surface area contributed by atoms with Crippen LogP contribution in [0.3, 0.4) is 0 Å². The van der Waals surface area contributed by atoms with Gasteiger partial charge in [-0.05, 0) is 80.6 Å². The minimum absolute atomic E-state index is 0.00628. The molecule has 0 amide bonds. The van der Waals surface area contributed by atoms with Gasteiger partial charge in [-0.1, -0.05) is 26.3 Å². The normalized spacial score (nSPS) is 52.0. The van der Waals surface area contributed by atoms with Gasteiger partial charge < -0.3 is 5.11 Å². The van der Waals surface area contributed by atoms with Gasteiger partial charge >= 0.3 is 0 Å². The summed E-state index contributed by atoms with van der Waals surface area (Å²) in [4.78, 5) is 24.3. The SMILES string of the molecule is CC(=O)[C@@]1(O)CC[C@@]2(C)[C@@H]3CCC4=CC(=O)CC[C@]4(C)[C@H]3CC[C@@]21C. The Hall–Kier alpha value is -0.960. The standard InChI is InChI=1S/C22H32O3/c1-14(23)22(25)12-11-20(3)18-6-5-15-13-16(24)7-9-19(15,2)17(18)8-10-21(20,22)4/h13,17-18,25H,5-12H2,1-4H3/t17-,18+,19-,20-,21-,22-/m0/s1. The van der Waals surface area contributed by atoms with Gasteiger partial charge in [0.25, 0.3) is 0 Å². The Labute approximate surface area is 151 Å². The van der Waals surface area contributed by atoms with E-state index in [0.717, 1.165) is 38.5 Å². The first-order valence-electron chi connectivity index (χ1n) is 10.1. The molecule has 4 rings (SSSR count). The summed E-state index contributed by atoms with van der Waals surface area (Å²) in [5, 5.41) is 11.3. The molecule has 1 N–H and O–H groups in total. The van der Waals surface area contributed by atoms with Gasteiger partial charge in [-0.25, -0.2) is 0 Å². The van der Waals surface area contributed by atoms with Crippen molar-refractivity contribution in [1.29, 1.82) is 0 Å². The number of hydrogen-bond acceptors (Lipinski definition) is 3. The lowest BCUT2D eigenvalue weighted by molar-refractivity contribution is -0.178. The first kappa shape index (κ1) is 17.5. The molecule has 0 aromatic heterocycles. The Kier molecular flexibility index (Phi) is 3.53. The maximum absolute atomic E-state index is 12.4. The van der Waals surface area contributed by atoms with E-state index < -0.39 is 5.60 Å². The van der Waals surface area contributed by atoms with Crippen LogP contribution in [-0.2, 0) is 9.59 Å². The first-order chi connectivity index (χ1) is 11.6. The molecule has 138 valence electrons. The molecule has 3 saturated carbocycles. The largest absolute Gasteiger partial charge is 0.381 e. The molecule has 0 bridgehead atoms. The van der Waals surface area contributed by atoms with Crippen LogP contribution in [0.5, 0.6) is 0 Å². The maximum Gasteiger partial charge on any atom is 0.161 e. The van der Waals surface area contributed by atoms with E-state index in [2.05, 4.69) is 20.8 Å². The Morgan fingerprint density at radius 3 is 2.44 bits per heavy atom. The number of Topliss-reactive ketones (excluding diaryl/α,β-unsaturated/α-hetero) is 1. The van der Waals surface area contributed by atoms with Gasteiger partial charge in [0, 0.05) is 11.8 Å². The summed E-state index contributed by atoms with van der Waals surface area (Å²) < 4.78 is 0. The lowest BCUT2D eigenvalue weighted by atomic mass is 9.41. The van der Waals surface area contributed by atoms with Crippen molar-refractivity contribution < 1.29 is 14.7 Å². The number of fused-ring (bicyclic) bond motifs is 5. The zero-order valence-corrected chi connectivity index (χ0v) is 16.2. The molecule has 0 aliphatic heterocycles. The number of ketones is 2. The summed E-state index contributed by atoms with van der Waals surface area (Å²) in [6.45, 7) is 8.46. The molecule has 0 unspecified atom stereocenters. The van der Waals surface area contributed by atoms with Crippen LogP contribution < -0.4 is 0 Å². The second kappa shape index (κ2) is 5.06. The number of aliphatic hydroxyl groups is 1. The van der Waals surface area contributed by atoms with Crippen molar-refractivity contribution in [1.82, 2.24) is 0 Å². The van der Waals surface area contributed by atoms with Crippen LogP contribution in [0.1, 0.15) is 79.1 Å². The first-order valence-corrected chi connectivity index (χ1v) is 10.1. The van der Waals surface area contributed by atoms with Crippen molar-refractivity contribution in [3.8, 4) is 0 Å². The Bertz CT molecular complexity index is 679. The van der Waals surface area contributed by atoms with Crippen molar-refractivity contribution in [2.24, 2.45) is 28.1 Å². The average molecular weight is 344 g/mol. The summed E-state index contributed by atoms with van der Waals surface area (Å²) in [5.41, 5.74) is 0.0307. The number of hydrogen-bond donors (Lipinski definition) is 1. The van der Waals surface area contributed by atoms with Gasteiger partial charge in [0.2, 0.25) is 0 Å². The van der Waals surface area contributed by atoms with E-state index >= 15 is 0 Å². The van der Waals surface area contributed by atoms with Crippen LogP contribution in [0.15, 0.2) is 11.6 Å². The lowest BCUT2D eigenvalue weighted by Gasteiger charge is -2.63. The summed E-state index contributed by atoms with van der Waals surface area (Å²) >= 11 is 0. The zero-order chi connectivity index (χ0) is 18.3. The molecule has 4 aliphatic rings. The molecule has 0 aromatic carbocycles. The highest BCUT2D eigenvalue weighted by Gasteiger charge is 2.70. The molecular formula is C22H32O3. The van der Waals surface area contributed by atoms with Crippen molar-refractivity contribution in [3.05, 3.63) is 11.6 Å². The van der Waals surface area contributed by atoms with E-state index in [1.54, 1.807) is 6.92 Å². The third kappa shape index (κ3) is 1.91. The quantitative estimate of drug-likeness (QED) is 0.774. The van der Waals surface area contributed by atoms with E-state index in [-0.39, 0.29) is 22.0 Å². The highest BCUT2D eigenvalue weighted by Crippen LogP contribution is 2.73. The van der Waals surface area contributed by atoms with Gasteiger partial charge in [0.15, 0.2) is 11.6 Å². The molecule has 0 aromatic rings. The minimum atomic E-state index is -1.16. The Morgan fingerprint density at radius 1 is 1.04 bits per heavy atom. The van der Waals surface area contributed by atoms with E-state index in [9.17, 15) is 14.7 Å². The third-order valence-electron chi connectivity index (χ3n) is 9.52. The minimum Gasteiger partial charge on any atom is -0.381 e. The van der Waals surface area contributed by atoms with Crippen molar-refractivity contribution in [3.63, 3.8) is 0 Å². The van der Waals surface area contributed by atoms with Gasteiger partial charge in [-0.15, -0.1) is 0 Å². The van der Waals surface area contributed by atoms with Crippen molar-refractivity contribution in [2.45, 2.75) is 84.7 Å². The summed E-state index contributed by atoms with van der Waals surface area (Å²) in [6.07, 6.45) is 9.22. The van der Waals surface area contributed by atoms with E-state index in [0.29, 0.717) is 30.5 Å². The molecule has 0 heterocycles. The fraction of sp³-hybridized carbons (Fsp3) is 0.818. The number of carbonyl (C=O) groups is 2. The smallest absolute Gasteiger partial charge is 0.161 e. The average Bonchev–Trinajstić information content (AvgIpc) is 2.78. The molecule has 0 radical (unpaired) electrons. The second-order valence-electron chi connectivity index (χ2n) is 10.0. The number of rotatable bonds is 1.